The fourth-order valence-electron chi connectivity index (χ4n) is 1.34. The van der Waals surface area contributed by atoms with Crippen LogP contribution >= 0.6 is 0 Å². The molecule has 1 rings (SSSR count). The number of rotatable bonds is 3. The van der Waals surface area contributed by atoms with Gasteiger partial charge in [-0.15, -0.1) is 0 Å². The molecular formula is C11H13F4N. The number of hydrogen-bond donors (Lipinski definition) is 1. The van der Waals surface area contributed by atoms with Gasteiger partial charge in [-0.2, -0.15) is 0 Å². The van der Waals surface area contributed by atoms with E-state index < -0.39 is 28.7 Å². The van der Waals surface area contributed by atoms with Gasteiger partial charge in [-0.1, -0.05) is 13.8 Å². The van der Waals surface area contributed by atoms with Gasteiger partial charge in [-0.3, -0.25) is 0 Å². The van der Waals surface area contributed by atoms with E-state index >= 15 is 0 Å². The van der Waals surface area contributed by atoms with E-state index in [9.17, 15) is 17.6 Å². The monoisotopic (exact) mass is 235 g/mol. The summed E-state index contributed by atoms with van der Waals surface area (Å²) >= 11 is 0. The lowest BCUT2D eigenvalue weighted by Gasteiger charge is -2.22. The van der Waals surface area contributed by atoms with E-state index in [1.807, 2.05) is 0 Å². The second-order valence-electron chi connectivity index (χ2n) is 4.50. The summed E-state index contributed by atoms with van der Waals surface area (Å²) in [7, 11) is 0. The molecule has 5 heteroatoms. The Kier molecular flexibility index (Phi) is 3.57. The molecule has 1 aromatic carbocycles. The van der Waals surface area contributed by atoms with E-state index in [1.54, 1.807) is 13.8 Å². The molecule has 0 fully saturated rings. The van der Waals surface area contributed by atoms with Crippen LogP contribution < -0.4 is 5.73 Å². The lowest BCUT2D eigenvalue weighted by Crippen LogP contribution is -2.26. The Labute approximate surface area is 91.3 Å². The van der Waals surface area contributed by atoms with E-state index in [4.69, 9.17) is 5.73 Å². The number of halogens is 4. The molecule has 1 nitrogen and oxygen atoms in total. The van der Waals surface area contributed by atoms with Gasteiger partial charge in [-0.05, 0) is 30.0 Å². The van der Waals surface area contributed by atoms with Crippen LogP contribution in [0.1, 0.15) is 19.4 Å². The highest BCUT2D eigenvalue weighted by Crippen LogP contribution is 2.25. The summed E-state index contributed by atoms with van der Waals surface area (Å²) in [5.74, 6) is -6.29. The van der Waals surface area contributed by atoms with Crippen LogP contribution in [-0.4, -0.2) is 6.54 Å². The van der Waals surface area contributed by atoms with Crippen LogP contribution in [0, 0.1) is 28.7 Å². The van der Waals surface area contributed by atoms with E-state index in [-0.39, 0.29) is 18.5 Å². The minimum atomic E-state index is -1.79. The molecule has 0 radical (unpaired) electrons. The van der Waals surface area contributed by atoms with Crippen molar-refractivity contribution in [3.63, 3.8) is 0 Å². The van der Waals surface area contributed by atoms with Gasteiger partial charge >= 0.3 is 0 Å². The summed E-state index contributed by atoms with van der Waals surface area (Å²) < 4.78 is 51.8. The Balaban J connectivity index is 3.16. The highest BCUT2D eigenvalue weighted by molar-refractivity contribution is 5.23. The number of benzene rings is 1. The SMILES string of the molecule is CC(C)(CN)Cc1cc(F)c(F)c(F)c1F. The van der Waals surface area contributed by atoms with Crippen molar-refractivity contribution in [3.8, 4) is 0 Å². The van der Waals surface area contributed by atoms with Gasteiger partial charge in [0.25, 0.3) is 0 Å². The summed E-state index contributed by atoms with van der Waals surface area (Å²) in [6.45, 7) is 3.68. The van der Waals surface area contributed by atoms with Crippen molar-refractivity contribution in [2.45, 2.75) is 20.3 Å². The van der Waals surface area contributed by atoms with Crippen molar-refractivity contribution in [2.75, 3.05) is 6.54 Å². The molecule has 0 heterocycles. The molecule has 0 aliphatic rings. The molecule has 0 aromatic heterocycles. The first-order valence-electron chi connectivity index (χ1n) is 4.80. The minimum Gasteiger partial charge on any atom is -0.330 e. The first kappa shape index (κ1) is 13.0. The van der Waals surface area contributed by atoms with Gasteiger partial charge in [0.2, 0.25) is 0 Å². The Morgan fingerprint density at radius 1 is 1.06 bits per heavy atom. The average molecular weight is 235 g/mol. The van der Waals surface area contributed by atoms with Crippen LogP contribution in [0.4, 0.5) is 17.6 Å². The Morgan fingerprint density at radius 3 is 2.12 bits per heavy atom. The van der Waals surface area contributed by atoms with Crippen molar-refractivity contribution in [1.82, 2.24) is 0 Å². The molecule has 0 spiro atoms. The first-order valence-corrected chi connectivity index (χ1v) is 4.80. The lowest BCUT2D eigenvalue weighted by molar-refractivity contribution is 0.355. The van der Waals surface area contributed by atoms with Crippen LogP contribution in [0.25, 0.3) is 0 Å². The fourth-order valence-corrected chi connectivity index (χ4v) is 1.34. The van der Waals surface area contributed by atoms with Gasteiger partial charge in [0.15, 0.2) is 23.3 Å². The Bertz CT molecular complexity index is 401. The molecule has 0 bridgehead atoms. The lowest BCUT2D eigenvalue weighted by atomic mass is 9.85. The van der Waals surface area contributed by atoms with E-state index in [0.717, 1.165) is 0 Å². The summed E-state index contributed by atoms with van der Waals surface area (Å²) in [6.07, 6.45) is 0.0451. The topological polar surface area (TPSA) is 26.0 Å². The van der Waals surface area contributed by atoms with E-state index in [1.165, 1.54) is 0 Å². The second kappa shape index (κ2) is 4.41. The standard InChI is InChI=1S/C11H13F4N/c1-11(2,5-16)4-6-3-7(12)9(14)10(15)8(6)13/h3H,4-5,16H2,1-2H3. The largest absolute Gasteiger partial charge is 0.330 e. The van der Waals surface area contributed by atoms with Crippen LogP contribution in [0.3, 0.4) is 0 Å². The maximum Gasteiger partial charge on any atom is 0.197 e. The molecular weight excluding hydrogens is 222 g/mol. The van der Waals surface area contributed by atoms with Crippen molar-refractivity contribution in [1.29, 1.82) is 0 Å². The zero-order chi connectivity index (χ0) is 12.5. The summed E-state index contributed by atoms with van der Waals surface area (Å²) in [4.78, 5) is 0. The molecule has 0 aliphatic heterocycles. The molecule has 0 saturated carbocycles. The quantitative estimate of drug-likeness (QED) is 0.486. The zero-order valence-electron chi connectivity index (χ0n) is 9.08. The third-order valence-corrected chi connectivity index (χ3v) is 2.40. The Morgan fingerprint density at radius 2 is 1.62 bits per heavy atom. The van der Waals surface area contributed by atoms with E-state index in [0.29, 0.717) is 6.07 Å². The minimum absolute atomic E-state index is 0.0451. The predicted octanol–water partition coefficient (Wildman–Crippen LogP) is 2.77. The van der Waals surface area contributed by atoms with Crippen molar-refractivity contribution < 1.29 is 17.6 Å². The van der Waals surface area contributed by atoms with Crippen LogP contribution in [0.15, 0.2) is 6.07 Å². The predicted molar refractivity (Wildman–Crippen MR) is 52.8 cm³/mol. The average Bonchev–Trinajstić information content (AvgIpc) is 2.22. The summed E-state index contributed by atoms with van der Waals surface area (Å²) in [5, 5.41) is 0. The molecule has 90 valence electrons. The van der Waals surface area contributed by atoms with Gasteiger partial charge in [0.05, 0.1) is 0 Å². The molecule has 0 unspecified atom stereocenters. The van der Waals surface area contributed by atoms with Crippen molar-refractivity contribution in [3.05, 3.63) is 34.9 Å². The molecule has 0 aliphatic carbocycles. The van der Waals surface area contributed by atoms with Gasteiger partial charge < -0.3 is 5.73 Å². The van der Waals surface area contributed by atoms with Crippen LogP contribution in [-0.2, 0) is 6.42 Å². The first-order chi connectivity index (χ1) is 7.28. The Hall–Kier alpha value is -1.10. The number of nitrogens with two attached hydrogens (primary N) is 1. The normalized spacial score (nSPS) is 11.9. The van der Waals surface area contributed by atoms with Gasteiger partial charge in [-0.25, -0.2) is 17.6 Å². The maximum absolute atomic E-state index is 13.3. The highest BCUT2D eigenvalue weighted by atomic mass is 19.2. The summed E-state index contributed by atoms with van der Waals surface area (Å²) in [6, 6.07) is 0.672. The third-order valence-electron chi connectivity index (χ3n) is 2.40. The molecule has 0 atom stereocenters. The smallest absolute Gasteiger partial charge is 0.197 e. The third kappa shape index (κ3) is 2.52. The molecule has 1 aromatic rings. The fraction of sp³-hybridized carbons (Fsp3) is 0.455. The molecule has 16 heavy (non-hydrogen) atoms. The molecule has 2 N–H and O–H groups in total. The number of hydrogen-bond acceptors (Lipinski definition) is 1. The highest BCUT2D eigenvalue weighted by Gasteiger charge is 2.24. The summed E-state index contributed by atoms with van der Waals surface area (Å²) in [5.41, 5.74) is 4.72. The molecule has 0 amide bonds. The van der Waals surface area contributed by atoms with Gasteiger partial charge in [0.1, 0.15) is 0 Å². The van der Waals surface area contributed by atoms with Crippen molar-refractivity contribution >= 4 is 0 Å². The van der Waals surface area contributed by atoms with Crippen LogP contribution in [0.5, 0.6) is 0 Å². The van der Waals surface area contributed by atoms with Crippen LogP contribution in [0.2, 0.25) is 0 Å². The second-order valence-corrected chi connectivity index (χ2v) is 4.50. The van der Waals surface area contributed by atoms with Crippen molar-refractivity contribution in [2.24, 2.45) is 11.1 Å². The van der Waals surface area contributed by atoms with E-state index in [2.05, 4.69) is 0 Å². The molecule has 0 saturated heterocycles. The maximum atomic E-state index is 13.3. The zero-order valence-corrected chi connectivity index (χ0v) is 9.08. The van der Waals surface area contributed by atoms with Gasteiger partial charge in [0, 0.05) is 0 Å².